The van der Waals surface area contributed by atoms with Gasteiger partial charge in [0, 0.05) is 19.2 Å². The van der Waals surface area contributed by atoms with Gasteiger partial charge in [0.25, 0.3) is 0 Å². The van der Waals surface area contributed by atoms with Gasteiger partial charge in [0.15, 0.2) is 11.8 Å². The zero-order valence-corrected chi connectivity index (χ0v) is 20.4. The normalized spacial score (nSPS) is 12.1. The fraction of sp³-hybridized carbons (Fsp3) is 0.476. The molecule has 29 heavy (non-hydrogen) atoms. The summed E-state index contributed by atoms with van der Waals surface area (Å²) in [5.74, 6) is 3.31. The fourth-order valence-electron chi connectivity index (χ4n) is 2.48. The highest BCUT2D eigenvalue weighted by molar-refractivity contribution is 14.0. The molecule has 0 fully saturated rings. The number of ether oxygens (including phenoxy) is 1. The number of hydrogen-bond donors (Lipinski definition) is 2. The number of hydrogen-bond acceptors (Lipinski definition) is 4. The van der Waals surface area contributed by atoms with Gasteiger partial charge in [0.05, 0.1) is 19.2 Å². The van der Waals surface area contributed by atoms with Crippen molar-refractivity contribution in [2.24, 2.45) is 12.0 Å². The SMILES string of the molecule is C=CCNC(=NCc1ccc(C)cc1OC(C)CC)NCc1nnc(C)n1C.I. The molecule has 0 saturated heterocycles. The third kappa shape index (κ3) is 7.68. The van der Waals surface area contributed by atoms with Crippen molar-refractivity contribution in [2.45, 2.75) is 53.3 Å². The van der Waals surface area contributed by atoms with Crippen LogP contribution in [0.25, 0.3) is 0 Å². The first-order chi connectivity index (χ1) is 13.4. The molecular weight excluding hydrogens is 479 g/mol. The maximum absolute atomic E-state index is 6.09. The molecule has 0 amide bonds. The minimum Gasteiger partial charge on any atom is -0.490 e. The first-order valence-electron chi connectivity index (χ1n) is 9.68. The van der Waals surface area contributed by atoms with E-state index in [2.05, 4.69) is 66.4 Å². The summed E-state index contributed by atoms with van der Waals surface area (Å²) in [6, 6.07) is 6.23. The first-order valence-corrected chi connectivity index (χ1v) is 9.68. The van der Waals surface area contributed by atoms with Crippen molar-refractivity contribution in [3.8, 4) is 5.75 Å². The van der Waals surface area contributed by atoms with E-state index in [4.69, 9.17) is 9.73 Å². The van der Waals surface area contributed by atoms with Gasteiger partial charge in [-0.25, -0.2) is 4.99 Å². The number of halogens is 1. The molecule has 0 aliphatic rings. The van der Waals surface area contributed by atoms with Crippen LogP contribution in [0.1, 0.15) is 43.0 Å². The lowest BCUT2D eigenvalue weighted by Gasteiger charge is -2.17. The molecule has 0 spiro atoms. The van der Waals surface area contributed by atoms with Gasteiger partial charge < -0.3 is 19.9 Å². The Morgan fingerprint density at radius 1 is 1.31 bits per heavy atom. The van der Waals surface area contributed by atoms with Gasteiger partial charge in [-0.05, 0) is 38.8 Å². The van der Waals surface area contributed by atoms with Gasteiger partial charge in [0.1, 0.15) is 11.6 Å². The summed E-state index contributed by atoms with van der Waals surface area (Å²) in [6.07, 6.45) is 2.93. The maximum atomic E-state index is 6.09. The van der Waals surface area contributed by atoms with Crippen LogP contribution in [0, 0.1) is 13.8 Å². The summed E-state index contributed by atoms with van der Waals surface area (Å²) in [7, 11) is 1.95. The number of benzene rings is 1. The molecule has 2 rings (SSSR count). The van der Waals surface area contributed by atoms with Crippen molar-refractivity contribution in [1.82, 2.24) is 25.4 Å². The van der Waals surface area contributed by atoms with Gasteiger partial charge in [-0.15, -0.1) is 40.8 Å². The number of nitrogens with zero attached hydrogens (tertiary/aromatic N) is 4. The van der Waals surface area contributed by atoms with Crippen LogP contribution in [0.2, 0.25) is 0 Å². The van der Waals surface area contributed by atoms with Crippen LogP contribution in [-0.2, 0) is 20.1 Å². The second kappa shape index (κ2) is 12.5. The van der Waals surface area contributed by atoms with E-state index in [0.29, 0.717) is 25.6 Å². The standard InChI is InChI=1S/C21H32N6O.HI/c1-7-11-22-21(24-14-20-26-25-17(5)27(20)6)23-13-18-10-9-15(3)12-19(18)28-16(4)8-2;/h7,9-10,12,16H,1,8,11,13-14H2,2-6H3,(H2,22,23,24);1H. The summed E-state index contributed by atoms with van der Waals surface area (Å²) in [5, 5.41) is 14.8. The lowest BCUT2D eigenvalue weighted by molar-refractivity contribution is 0.215. The van der Waals surface area contributed by atoms with Crippen LogP contribution < -0.4 is 15.4 Å². The second-order valence-electron chi connectivity index (χ2n) is 6.86. The zero-order chi connectivity index (χ0) is 20.5. The molecule has 1 aromatic carbocycles. The number of aryl methyl sites for hydroxylation is 2. The van der Waals surface area contributed by atoms with Gasteiger partial charge in [-0.3, -0.25) is 0 Å². The van der Waals surface area contributed by atoms with Crippen LogP contribution in [0.5, 0.6) is 5.75 Å². The van der Waals surface area contributed by atoms with Gasteiger partial charge in [0.2, 0.25) is 0 Å². The molecular formula is C21H33IN6O. The Kier molecular flexibility index (Phi) is 10.7. The van der Waals surface area contributed by atoms with E-state index < -0.39 is 0 Å². The molecule has 2 aromatic rings. The van der Waals surface area contributed by atoms with E-state index in [0.717, 1.165) is 29.4 Å². The molecule has 1 aromatic heterocycles. The minimum atomic E-state index is 0. The molecule has 7 nitrogen and oxygen atoms in total. The Balaban J connectivity index is 0.00000420. The van der Waals surface area contributed by atoms with E-state index in [1.54, 1.807) is 6.08 Å². The average Bonchev–Trinajstić information content (AvgIpc) is 3.00. The Hall–Kier alpha value is -2.10. The van der Waals surface area contributed by atoms with Crippen LogP contribution in [0.3, 0.4) is 0 Å². The van der Waals surface area contributed by atoms with Crippen molar-refractivity contribution in [3.05, 3.63) is 53.6 Å². The first kappa shape index (κ1) is 24.9. The minimum absolute atomic E-state index is 0. The monoisotopic (exact) mass is 512 g/mol. The molecule has 0 aliphatic heterocycles. The molecule has 0 bridgehead atoms. The van der Waals surface area contributed by atoms with Crippen molar-refractivity contribution >= 4 is 29.9 Å². The molecule has 0 radical (unpaired) electrons. The van der Waals surface area contributed by atoms with Crippen molar-refractivity contribution < 1.29 is 4.74 Å². The smallest absolute Gasteiger partial charge is 0.192 e. The summed E-state index contributed by atoms with van der Waals surface area (Å²) in [4.78, 5) is 4.72. The number of nitrogens with one attached hydrogen (secondary N) is 2. The Morgan fingerprint density at radius 3 is 2.69 bits per heavy atom. The predicted molar refractivity (Wildman–Crippen MR) is 129 cm³/mol. The average molecular weight is 512 g/mol. The van der Waals surface area contributed by atoms with Crippen LogP contribution in [0.15, 0.2) is 35.8 Å². The highest BCUT2D eigenvalue weighted by Gasteiger charge is 2.09. The molecule has 1 unspecified atom stereocenters. The highest BCUT2D eigenvalue weighted by Crippen LogP contribution is 2.23. The predicted octanol–water partition coefficient (Wildman–Crippen LogP) is 3.65. The summed E-state index contributed by atoms with van der Waals surface area (Å²) >= 11 is 0. The Labute approximate surface area is 191 Å². The van der Waals surface area contributed by atoms with Crippen LogP contribution in [0.4, 0.5) is 0 Å². The van der Waals surface area contributed by atoms with Crippen LogP contribution >= 0.6 is 24.0 Å². The largest absolute Gasteiger partial charge is 0.490 e. The fourth-order valence-corrected chi connectivity index (χ4v) is 2.48. The molecule has 160 valence electrons. The van der Waals surface area contributed by atoms with E-state index >= 15 is 0 Å². The maximum Gasteiger partial charge on any atom is 0.192 e. The van der Waals surface area contributed by atoms with Gasteiger partial charge >= 0.3 is 0 Å². The summed E-state index contributed by atoms with van der Waals surface area (Å²) < 4.78 is 8.04. The van der Waals surface area contributed by atoms with E-state index in [1.807, 2.05) is 18.5 Å². The number of aromatic nitrogens is 3. The zero-order valence-electron chi connectivity index (χ0n) is 18.0. The van der Waals surface area contributed by atoms with Gasteiger partial charge in [-0.1, -0.05) is 25.1 Å². The Morgan fingerprint density at radius 2 is 2.07 bits per heavy atom. The van der Waals surface area contributed by atoms with Crippen molar-refractivity contribution in [3.63, 3.8) is 0 Å². The van der Waals surface area contributed by atoms with Crippen molar-refractivity contribution in [1.29, 1.82) is 0 Å². The lowest BCUT2D eigenvalue weighted by Crippen LogP contribution is -2.37. The molecule has 0 saturated carbocycles. The topological polar surface area (TPSA) is 76.4 Å². The molecule has 8 heteroatoms. The highest BCUT2D eigenvalue weighted by atomic mass is 127. The number of rotatable bonds is 9. The number of aliphatic imine (C=N–C) groups is 1. The lowest BCUT2D eigenvalue weighted by atomic mass is 10.1. The summed E-state index contributed by atoms with van der Waals surface area (Å²) in [5.41, 5.74) is 2.23. The number of guanidine groups is 1. The van der Waals surface area contributed by atoms with E-state index in [-0.39, 0.29) is 30.1 Å². The quantitative estimate of drug-likeness (QED) is 0.232. The van der Waals surface area contributed by atoms with E-state index in [1.165, 1.54) is 5.56 Å². The van der Waals surface area contributed by atoms with Crippen molar-refractivity contribution in [2.75, 3.05) is 6.54 Å². The molecule has 1 heterocycles. The van der Waals surface area contributed by atoms with E-state index in [9.17, 15) is 0 Å². The third-order valence-corrected chi connectivity index (χ3v) is 4.54. The van der Waals surface area contributed by atoms with Crippen LogP contribution in [-0.4, -0.2) is 33.4 Å². The molecule has 2 N–H and O–H groups in total. The van der Waals surface area contributed by atoms with Gasteiger partial charge in [-0.2, -0.15) is 0 Å². The second-order valence-corrected chi connectivity index (χ2v) is 6.86. The third-order valence-electron chi connectivity index (χ3n) is 4.54. The molecule has 0 aliphatic carbocycles. The Bertz CT molecular complexity index is 817. The summed E-state index contributed by atoms with van der Waals surface area (Å²) in [6.45, 7) is 13.6. The molecule has 1 atom stereocenters.